The number of likely N-dealkylation sites (tertiary alicyclic amines) is 1. The average Bonchev–Trinajstić information content (AvgIpc) is 3.58. The Bertz CT molecular complexity index is 902. The summed E-state index contributed by atoms with van der Waals surface area (Å²) in [6, 6.07) is 13.9. The minimum Gasteiger partial charge on any atom is -0.489 e. The van der Waals surface area contributed by atoms with Crippen molar-refractivity contribution < 1.29 is 27.4 Å². The third-order valence-corrected chi connectivity index (χ3v) is 6.53. The fourth-order valence-electron chi connectivity index (χ4n) is 4.69. The van der Waals surface area contributed by atoms with E-state index in [1.165, 1.54) is 11.6 Å². The van der Waals surface area contributed by atoms with Crippen molar-refractivity contribution in [1.29, 1.82) is 0 Å². The molecule has 0 spiro atoms. The lowest BCUT2D eigenvalue weighted by atomic mass is 9.84. The van der Waals surface area contributed by atoms with Crippen LogP contribution in [0.4, 0.5) is 13.2 Å². The predicted molar refractivity (Wildman–Crippen MR) is 114 cm³/mol. The van der Waals surface area contributed by atoms with Gasteiger partial charge >= 0.3 is 6.18 Å². The number of alkyl halides is 3. The van der Waals surface area contributed by atoms with Crippen molar-refractivity contribution in [2.24, 2.45) is 17.8 Å². The molecule has 1 aliphatic carbocycles. The van der Waals surface area contributed by atoms with E-state index in [0.717, 1.165) is 44.6 Å². The maximum absolute atomic E-state index is 13.3. The second kappa shape index (κ2) is 8.94. The van der Waals surface area contributed by atoms with Crippen LogP contribution < -0.4 is 9.47 Å². The Labute approximate surface area is 186 Å². The molecule has 2 aromatic carbocycles. The lowest BCUT2D eigenvalue weighted by Crippen LogP contribution is -2.57. The highest BCUT2D eigenvalue weighted by Gasteiger charge is 2.42. The molecule has 172 valence electrons. The van der Waals surface area contributed by atoms with Crippen LogP contribution in [0.5, 0.6) is 11.5 Å². The third-order valence-electron chi connectivity index (χ3n) is 6.53. The summed E-state index contributed by atoms with van der Waals surface area (Å²) < 4.78 is 57.7. The zero-order chi connectivity index (χ0) is 22.1. The number of hydrogen-bond acceptors (Lipinski definition) is 4. The number of benzene rings is 2. The zero-order valence-corrected chi connectivity index (χ0v) is 17.9. The molecule has 2 atom stereocenters. The molecule has 0 amide bonds. The minimum atomic E-state index is -4.41. The number of nitrogens with zero attached hydrogens (tertiary/aromatic N) is 1. The largest absolute Gasteiger partial charge is 0.489 e. The summed E-state index contributed by atoms with van der Waals surface area (Å²) in [5, 5.41) is 0. The zero-order valence-electron chi connectivity index (χ0n) is 17.9. The molecule has 2 aliphatic heterocycles. The van der Waals surface area contributed by atoms with Crippen LogP contribution in [0.25, 0.3) is 0 Å². The first-order chi connectivity index (χ1) is 15.5. The van der Waals surface area contributed by atoms with Crippen LogP contribution in [-0.2, 0) is 17.5 Å². The van der Waals surface area contributed by atoms with Crippen LogP contribution in [0, 0.1) is 17.8 Å². The summed E-state index contributed by atoms with van der Waals surface area (Å²) in [5.74, 6) is 1.34. The standard InChI is InChI=1S/C25H28F3NO3/c26-25(27,28)21-8-9-22(23(10-21)31-14-18-6-7-18)32-24-19-12-29(13-20(24)16-30-15-19)11-17-4-2-1-3-5-17/h1-5,8-10,18-20,24H,6-7,11-16H2. The van der Waals surface area contributed by atoms with Crippen LogP contribution >= 0.6 is 0 Å². The van der Waals surface area contributed by atoms with E-state index in [2.05, 4.69) is 17.0 Å². The van der Waals surface area contributed by atoms with Crippen molar-refractivity contribution in [3.63, 3.8) is 0 Å². The molecule has 4 nitrogen and oxygen atoms in total. The molecule has 1 saturated carbocycles. The van der Waals surface area contributed by atoms with Crippen molar-refractivity contribution >= 4 is 0 Å². The summed E-state index contributed by atoms with van der Waals surface area (Å²) in [7, 11) is 0. The minimum absolute atomic E-state index is 0.101. The molecule has 32 heavy (non-hydrogen) atoms. The second-order valence-electron chi connectivity index (χ2n) is 9.23. The normalized spacial score (nSPS) is 26.0. The highest BCUT2D eigenvalue weighted by Crippen LogP contribution is 2.40. The Balaban J connectivity index is 1.31. The van der Waals surface area contributed by atoms with Gasteiger partial charge in [-0.25, -0.2) is 0 Å². The molecule has 2 heterocycles. The molecular weight excluding hydrogens is 419 g/mol. The summed E-state index contributed by atoms with van der Waals surface area (Å²) in [6.07, 6.45) is -2.38. The van der Waals surface area contributed by atoms with Gasteiger partial charge in [-0.1, -0.05) is 30.3 Å². The molecule has 0 aromatic heterocycles. The average molecular weight is 447 g/mol. The summed E-state index contributed by atoms with van der Waals surface area (Å²) in [6.45, 7) is 4.14. The van der Waals surface area contributed by atoms with Crippen LogP contribution in [0.3, 0.4) is 0 Å². The SMILES string of the molecule is FC(F)(F)c1ccc(OC2C3COCC2CN(Cc2ccccc2)C3)c(OCC2CC2)c1. The number of halogens is 3. The quantitative estimate of drug-likeness (QED) is 0.597. The van der Waals surface area contributed by atoms with Gasteiger partial charge in [-0.2, -0.15) is 13.2 Å². The lowest BCUT2D eigenvalue weighted by Gasteiger charge is -2.46. The number of fused-ring (bicyclic) bond motifs is 2. The van der Waals surface area contributed by atoms with Crippen LogP contribution in [0.1, 0.15) is 24.0 Å². The van der Waals surface area contributed by atoms with Gasteiger partial charge in [-0.3, -0.25) is 4.90 Å². The molecular formula is C25H28F3NO3. The van der Waals surface area contributed by atoms with E-state index in [1.54, 1.807) is 0 Å². The molecule has 2 bridgehead atoms. The van der Waals surface area contributed by atoms with E-state index in [-0.39, 0.29) is 23.7 Å². The molecule has 3 fully saturated rings. The van der Waals surface area contributed by atoms with E-state index in [0.29, 0.717) is 31.5 Å². The Morgan fingerprint density at radius 3 is 2.31 bits per heavy atom. The van der Waals surface area contributed by atoms with E-state index in [1.807, 2.05) is 18.2 Å². The highest BCUT2D eigenvalue weighted by atomic mass is 19.4. The van der Waals surface area contributed by atoms with Crippen molar-refractivity contribution in [2.75, 3.05) is 32.9 Å². The van der Waals surface area contributed by atoms with Crippen molar-refractivity contribution in [2.45, 2.75) is 31.7 Å². The molecule has 2 aromatic rings. The topological polar surface area (TPSA) is 30.9 Å². The van der Waals surface area contributed by atoms with E-state index in [4.69, 9.17) is 14.2 Å². The maximum atomic E-state index is 13.3. The van der Waals surface area contributed by atoms with Crippen LogP contribution in [-0.4, -0.2) is 43.9 Å². The van der Waals surface area contributed by atoms with Crippen molar-refractivity contribution in [1.82, 2.24) is 4.90 Å². The van der Waals surface area contributed by atoms with Gasteiger partial charge in [0.25, 0.3) is 0 Å². The number of hydrogen-bond donors (Lipinski definition) is 0. The summed E-state index contributed by atoms with van der Waals surface area (Å²) in [5.41, 5.74) is 0.557. The first-order valence-electron chi connectivity index (χ1n) is 11.3. The first kappa shape index (κ1) is 21.6. The van der Waals surface area contributed by atoms with E-state index in [9.17, 15) is 13.2 Å². The highest BCUT2D eigenvalue weighted by molar-refractivity contribution is 5.44. The molecule has 5 rings (SSSR count). The number of piperidine rings is 1. The monoisotopic (exact) mass is 447 g/mol. The molecule has 2 saturated heterocycles. The smallest absolute Gasteiger partial charge is 0.416 e. The fraction of sp³-hybridized carbons (Fsp3) is 0.520. The van der Waals surface area contributed by atoms with Crippen molar-refractivity contribution in [3.8, 4) is 11.5 Å². The van der Waals surface area contributed by atoms with Gasteiger partial charge in [-0.05, 0) is 42.5 Å². The second-order valence-corrected chi connectivity index (χ2v) is 9.23. The molecule has 0 radical (unpaired) electrons. The molecule has 3 aliphatic rings. The van der Waals surface area contributed by atoms with Gasteiger partial charge < -0.3 is 14.2 Å². The Kier molecular flexibility index (Phi) is 6.03. The summed E-state index contributed by atoms with van der Waals surface area (Å²) >= 11 is 0. The van der Waals surface area contributed by atoms with Crippen LogP contribution in [0.15, 0.2) is 48.5 Å². The number of ether oxygens (including phenoxy) is 3. The van der Waals surface area contributed by atoms with Gasteiger partial charge in [0, 0.05) is 31.5 Å². The molecule has 7 heteroatoms. The molecule has 2 unspecified atom stereocenters. The Morgan fingerprint density at radius 2 is 1.66 bits per heavy atom. The van der Waals surface area contributed by atoms with Crippen LogP contribution in [0.2, 0.25) is 0 Å². The van der Waals surface area contributed by atoms with E-state index >= 15 is 0 Å². The van der Waals surface area contributed by atoms with Gasteiger partial charge in [0.05, 0.1) is 25.4 Å². The fourth-order valence-corrected chi connectivity index (χ4v) is 4.69. The number of rotatable bonds is 7. The predicted octanol–water partition coefficient (Wildman–Crippen LogP) is 5.02. The van der Waals surface area contributed by atoms with Gasteiger partial charge in [-0.15, -0.1) is 0 Å². The van der Waals surface area contributed by atoms with Crippen molar-refractivity contribution in [3.05, 3.63) is 59.7 Å². The molecule has 0 N–H and O–H groups in total. The Hall–Kier alpha value is -2.25. The van der Waals surface area contributed by atoms with Gasteiger partial charge in [0.1, 0.15) is 6.10 Å². The lowest BCUT2D eigenvalue weighted by molar-refractivity contribution is -0.137. The summed E-state index contributed by atoms with van der Waals surface area (Å²) in [4.78, 5) is 2.42. The van der Waals surface area contributed by atoms with Gasteiger partial charge in [0.15, 0.2) is 11.5 Å². The third kappa shape index (κ3) is 5.04. The first-order valence-corrected chi connectivity index (χ1v) is 11.3. The maximum Gasteiger partial charge on any atom is 0.416 e. The van der Waals surface area contributed by atoms with E-state index < -0.39 is 11.7 Å². The Morgan fingerprint density at radius 1 is 0.938 bits per heavy atom. The van der Waals surface area contributed by atoms with Gasteiger partial charge in [0.2, 0.25) is 0 Å².